The summed E-state index contributed by atoms with van der Waals surface area (Å²) in [5, 5.41) is 0. The third-order valence-corrected chi connectivity index (χ3v) is 3.99. The van der Waals surface area contributed by atoms with Crippen LogP contribution >= 0.6 is 31.9 Å². The maximum Gasteiger partial charge on any atom is 0.357 e. The highest BCUT2D eigenvalue weighted by Gasteiger charge is 2.11. The summed E-state index contributed by atoms with van der Waals surface area (Å²) in [7, 11) is 0. The van der Waals surface area contributed by atoms with E-state index in [0.717, 1.165) is 14.6 Å². The highest BCUT2D eigenvalue weighted by Crippen LogP contribution is 2.27. The summed E-state index contributed by atoms with van der Waals surface area (Å²) in [4.78, 5) is 15.5. The topological polar surface area (TPSA) is 43.6 Å². The van der Waals surface area contributed by atoms with Crippen LogP contribution in [0.5, 0.6) is 0 Å². The lowest BCUT2D eigenvalue weighted by atomic mass is 10.3. The van der Waals surface area contributed by atoms with Gasteiger partial charge in [-0.15, -0.1) is 0 Å². The molecule has 0 fully saturated rings. The number of halogens is 2. The molecule has 0 atom stereocenters. The van der Waals surface area contributed by atoms with Crippen LogP contribution in [-0.2, 0) is 4.74 Å². The fourth-order valence-corrected chi connectivity index (χ4v) is 2.17. The minimum atomic E-state index is -0.404. The van der Waals surface area contributed by atoms with Crippen molar-refractivity contribution in [1.29, 1.82) is 0 Å². The van der Waals surface area contributed by atoms with Crippen molar-refractivity contribution in [3.63, 3.8) is 0 Å². The highest BCUT2D eigenvalue weighted by molar-refractivity contribution is 9.13. The molecule has 0 unspecified atom stereocenters. The average Bonchev–Trinajstić information content (AvgIpc) is 2.55. The van der Waals surface area contributed by atoms with Gasteiger partial charge in [0.2, 0.25) is 0 Å². The second kappa shape index (κ2) is 4.55. The molecule has 0 aromatic carbocycles. The summed E-state index contributed by atoms with van der Waals surface area (Å²) in [5.74, 6) is -0.404. The number of ether oxygens (including phenoxy) is 1. The summed E-state index contributed by atoms with van der Waals surface area (Å²) in [6.07, 6.45) is 1.58. The molecule has 4 nitrogen and oxygen atoms in total. The van der Waals surface area contributed by atoms with E-state index in [0.29, 0.717) is 12.3 Å². The van der Waals surface area contributed by atoms with Crippen molar-refractivity contribution in [1.82, 2.24) is 9.38 Å². The van der Waals surface area contributed by atoms with Crippen molar-refractivity contribution in [2.24, 2.45) is 0 Å². The first-order valence-electron chi connectivity index (χ1n) is 4.62. The van der Waals surface area contributed by atoms with Crippen molar-refractivity contribution in [2.75, 3.05) is 6.61 Å². The summed E-state index contributed by atoms with van der Waals surface area (Å²) in [6.45, 7) is 2.11. The summed E-state index contributed by atoms with van der Waals surface area (Å²) in [5.41, 5.74) is 1.18. The lowest BCUT2D eigenvalue weighted by Gasteiger charge is -2.01. The minimum absolute atomic E-state index is 0.312. The number of hydrogen-bond acceptors (Lipinski definition) is 3. The molecule has 0 aliphatic carbocycles. The Bertz CT molecular complexity index is 551. The fourth-order valence-electron chi connectivity index (χ4n) is 1.33. The molecule has 16 heavy (non-hydrogen) atoms. The standard InChI is InChI=1S/C10H8Br2N2O2/c1-2-16-10(15)8-4-6-3-7(11)9(12)14(6)5-13-8/h3-5H,2H2,1H3. The minimum Gasteiger partial charge on any atom is -0.461 e. The number of hydrogen-bond donors (Lipinski definition) is 0. The summed E-state index contributed by atoms with van der Waals surface area (Å²) in [6, 6.07) is 3.59. The molecule has 0 radical (unpaired) electrons. The molecule has 0 N–H and O–H groups in total. The maximum atomic E-state index is 11.5. The van der Waals surface area contributed by atoms with E-state index in [4.69, 9.17) is 4.74 Å². The van der Waals surface area contributed by atoms with Gasteiger partial charge in [-0.2, -0.15) is 0 Å². The Morgan fingerprint density at radius 1 is 1.50 bits per heavy atom. The van der Waals surface area contributed by atoms with Crippen molar-refractivity contribution >= 4 is 43.3 Å². The highest BCUT2D eigenvalue weighted by atomic mass is 79.9. The van der Waals surface area contributed by atoms with Crippen LogP contribution in [0.4, 0.5) is 0 Å². The predicted molar refractivity (Wildman–Crippen MR) is 66.5 cm³/mol. The Balaban J connectivity index is 2.48. The molecular formula is C10H8Br2N2O2. The van der Waals surface area contributed by atoms with E-state index >= 15 is 0 Å². The lowest BCUT2D eigenvalue weighted by Crippen LogP contribution is -2.07. The molecule has 84 valence electrons. The van der Waals surface area contributed by atoms with Crippen molar-refractivity contribution in [3.05, 3.63) is 33.2 Å². The number of fused-ring (bicyclic) bond motifs is 1. The predicted octanol–water partition coefficient (Wildman–Crippen LogP) is 3.04. The lowest BCUT2D eigenvalue weighted by molar-refractivity contribution is 0.0519. The Morgan fingerprint density at radius 3 is 2.94 bits per heavy atom. The molecule has 2 rings (SSSR count). The first kappa shape index (κ1) is 11.6. The van der Waals surface area contributed by atoms with Gasteiger partial charge in [0.1, 0.15) is 10.9 Å². The van der Waals surface area contributed by atoms with Gasteiger partial charge in [-0.3, -0.25) is 4.40 Å². The van der Waals surface area contributed by atoms with Gasteiger partial charge in [0.15, 0.2) is 5.69 Å². The van der Waals surface area contributed by atoms with Crippen LogP contribution in [0.15, 0.2) is 27.5 Å². The smallest absolute Gasteiger partial charge is 0.357 e. The van der Waals surface area contributed by atoms with E-state index in [2.05, 4.69) is 36.8 Å². The van der Waals surface area contributed by atoms with E-state index in [1.165, 1.54) is 0 Å². The number of carbonyl (C=O) groups excluding carboxylic acids is 1. The van der Waals surface area contributed by atoms with E-state index in [1.807, 2.05) is 10.5 Å². The van der Waals surface area contributed by atoms with Crippen molar-refractivity contribution in [3.8, 4) is 0 Å². The largest absolute Gasteiger partial charge is 0.461 e. The molecule has 0 saturated carbocycles. The zero-order chi connectivity index (χ0) is 11.7. The van der Waals surface area contributed by atoms with Gasteiger partial charge in [0, 0.05) is 0 Å². The van der Waals surface area contributed by atoms with Crippen LogP contribution in [-0.4, -0.2) is 22.0 Å². The first-order chi connectivity index (χ1) is 7.63. The molecule has 0 aliphatic heterocycles. The summed E-state index contributed by atoms with van der Waals surface area (Å²) >= 11 is 6.79. The van der Waals surface area contributed by atoms with Gasteiger partial charge < -0.3 is 4.74 Å². The third-order valence-electron chi connectivity index (χ3n) is 2.04. The van der Waals surface area contributed by atoms with Gasteiger partial charge >= 0.3 is 5.97 Å². The molecule has 0 saturated heterocycles. The van der Waals surface area contributed by atoms with Crippen LogP contribution in [0.2, 0.25) is 0 Å². The SMILES string of the molecule is CCOC(=O)c1cc2cc(Br)c(Br)n2cn1. The molecule has 0 spiro atoms. The Labute approximate surface area is 109 Å². The second-order valence-electron chi connectivity index (χ2n) is 3.07. The van der Waals surface area contributed by atoms with E-state index in [9.17, 15) is 4.79 Å². The van der Waals surface area contributed by atoms with E-state index < -0.39 is 5.97 Å². The molecule has 0 aliphatic rings. The fraction of sp³-hybridized carbons (Fsp3) is 0.200. The van der Waals surface area contributed by atoms with Crippen LogP contribution in [0.25, 0.3) is 5.52 Å². The van der Waals surface area contributed by atoms with Crippen LogP contribution in [0.3, 0.4) is 0 Å². The number of aromatic nitrogens is 2. The third kappa shape index (κ3) is 1.99. The van der Waals surface area contributed by atoms with E-state index in [-0.39, 0.29) is 0 Å². The molecule has 0 bridgehead atoms. The maximum absolute atomic E-state index is 11.5. The molecule has 2 heterocycles. The number of esters is 1. The average molecular weight is 348 g/mol. The number of rotatable bonds is 2. The monoisotopic (exact) mass is 346 g/mol. The quantitative estimate of drug-likeness (QED) is 0.784. The van der Waals surface area contributed by atoms with Gasteiger partial charge in [0.05, 0.1) is 16.6 Å². The first-order valence-corrected chi connectivity index (χ1v) is 6.21. The zero-order valence-electron chi connectivity index (χ0n) is 8.41. The van der Waals surface area contributed by atoms with Crippen molar-refractivity contribution in [2.45, 2.75) is 6.92 Å². The normalized spacial score (nSPS) is 10.7. The van der Waals surface area contributed by atoms with Crippen molar-refractivity contribution < 1.29 is 9.53 Å². The van der Waals surface area contributed by atoms with Gasteiger partial charge in [-0.05, 0) is 50.9 Å². The van der Waals surface area contributed by atoms with Gasteiger partial charge in [0.25, 0.3) is 0 Å². The van der Waals surface area contributed by atoms with Crippen LogP contribution in [0, 0.1) is 0 Å². The van der Waals surface area contributed by atoms with E-state index in [1.54, 1.807) is 19.3 Å². The second-order valence-corrected chi connectivity index (χ2v) is 4.68. The summed E-state index contributed by atoms with van der Waals surface area (Å²) < 4.78 is 8.48. The van der Waals surface area contributed by atoms with Gasteiger partial charge in [-0.25, -0.2) is 9.78 Å². The molecular weight excluding hydrogens is 340 g/mol. The Hall–Kier alpha value is -0.880. The molecule has 2 aromatic rings. The Morgan fingerprint density at radius 2 is 2.25 bits per heavy atom. The van der Waals surface area contributed by atoms with Crippen LogP contribution < -0.4 is 0 Å². The Kier molecular flexibility index (Phi) is 3.30. The molecule has 0 amide bonds. The zero-order valence-corrected chi connectivity index (χ0v) is 11.6. The van der Waals surface area contributed by atoms with Crippen LogP contribution in [0.1, 0.15) is 17.4 Å². The molecule has 6 heteroatoms. The number of nitrogens with zero attached hydrogens (tertiary/aromatic N) is 2. The number of carbonyl (C=O) groups is 1. The van der Waals surface area contributed by atoms with Gasteiger partial charge in [-0.1, -0.05) is 0 Å². The molecule has 2 aromatic heterocycles.